The fourth-order valence-corrected chi connectivity index (χ4v) is 0.692. The molecule has 0 aliphatic heterocycles. The molecule has 0 atom stereocenters. The third-order valence-corrected chi connectivity index (χ3v) is 1.23. The molecule has 0 bridgehead atoms. The van der Waals surface area contributed by atoms with E-state index in [9.17, 15) is 0 Å². The third kappa shape index (κ3) is 7.85. The zero-order chi connectivity index (χ0) is 6.95. The van der Waals surface area contributed by atoms with E-state index in [0.29, 0.717) is 6.61 Å². The Hall–Kier alpha value is -0.150. The van der Waals surface area contributed by atoms with Gasteiger partial charge in [0, 0.05) is 13.2 Å². The molecule has 0 aliphatic rings. The van der Waals surface area contributed by atoms with E-state index in [2.05, 4.69) is 17.5 Å². The summed E-state index contributed by atoms with van der Waals surface area (Å²) in [6.07, 6.45) is 3.07. The lowest BCUT2D eigenvalue weighted by molar-refractivity contribution is 0.283. The van der Waals surface area contributed by atoms with Gasteiger partial charge in [0.15, 0.2) is 0 Å². The van der Waals surface area contributed by atoms with Crippen LogP contribution < -0.4 is 5.32 Å². The molecule has 0 spiro atoms. The van der Waals surface area contributed by atoms with E-state index >= 15 is 0 Å². The van der Waals surface area contributed by atoms with Crippen LogP contribution in [0.2, 0.25) is 0 Å². The van der Waals surface area contributed by atoms with Gasteiger partial charge in [0.2, 0.25) is 0 Å². The molecule has 0 heterocycles. The molecule has 0 aromatic heterocycles. The van der Waals surface area contributed by atoms with E-state index < -0.39 is 0 Å². The van der Waals surface area contributed by atoms with Crippen molar-refractivity contribution in [3.05, 3.63) is 0 Å². The van der Waals surface area contributed by atoms with Gasteiger partial charge < -0.3 is 10.4 Å². The summed E-state index contributed by atoms with van der Waals surface area (Å²) in [6.45, 7) is 1.24. The minimum absolute atomic E-state index is 0.303. The number of aliphatic hydroxyl groups is 1. The van der Waals surface area contributed by atoms with Crippen LogP contribution in [0.15, 0.2) is 0 Å². The summed E-state index contributed by atoms with van der Waals surface area (Å²) in [6, 6.07) is 0. The van der Waals surface area contributed by atoms with Crippen LogP contribution in [0.4, 0.5) is 0 Å². The first-order chi connectivity index (χ1) is 4.41. The van der Waals surface area contributed by atoms with Gasteiger partial charge in [-0.05, 0) is 19.3 Å². The molecule has 2 nitrogen and oxygen atoms in total. The van der Waals surface area contributed by atoms with Crippen molar-refractivity contribution in [3.8, 4) is 0 Å². The van der Waals surface area contributed by atoms with Crippen molar-refractivity contribution >= 4 is 17.7 Å². The number of hydrogen-bond acceptors (Lipinski definition) is 2. The van der Waals surface area contributed by atoms with Crippen LogP contribution in [0.5, 0.6) is 0 Å². The number of aliphatic hydroxyl groups excluding tert-OH is 1. The van der Waals surface area contributed by atoms with Crippen LogP contribution in [-0.2, 0) is 0 Å². The summed E-state index contributed by atoms with van der Waals surface area (Å²) in [5, 5.41) is 11.3. The van der Waals surface area contributed by atoms with Crippen LogP contribution in [0.1, 0.15) is 19.3 Å². The van der Waals surface area contributed by atoms with Crippen molar-refractivity contribution < 1.29 is 5.11 Å². The van der Waals surface area contributed by atoms with Crippen molar-refractivity contribution in [2.24, 2.45) is 0 Å². The first kappa shape index (κ1) is 8.85. The maximum Gasteiger partial charge on any atom is 0.0614 e. The highest BCUT2D eigenvalue weighted by molar-refractivity contribution is 7.78. The topological polar surface area (TPSA) is 32.3 Å². The minimum Gasteiger partial charge on any atom is -0.396 e. The molecule has 0 aromatic carbocycles. The second-order valence-electron chi connectivity index (χ2n) is 1.86. The van der Waals surface area contributed by atoms with Gasteiger partial charge in [-0.1, -0.05) is 12.2 Å². The fraction of sp³-hybridized carbons (Fsp3) is 0.833. The molecule has 0 fully saturated rings. The summed E-state index contributed by atoms with van der Waals surface area (Å²) < 4.78 is 0. The summed E-state index contributed by atoms with van der Waals surface area (Å²) in [4.78, 5) is 0. The zero-order valence-corrected chi connectivity index (χ0v) is 6.28. The Balaban J connectivity index is 2.66. The number of rotatable bonds is 6. The van der Waals surface area contributed by atoms with Crippen molar-refractivity contribution in [2.75, 3.05) is 13.2 Å². The highest BCUT2D eigenvalue weighted by Gasteiger charge is 1.84. The lowest BCUT2D eigenvalue weighted by atomic mass is 10.2. The quantitative estimate of drug-likeness (QED) is 0.428. The van der Waals surface area contributed by atoms with E-state index in [0.717, 1.165) is 25.8 Å². The Morgan fingerprint density at radius 1 is 1.33 bits per heavy atom. The van der Waals surface area contributed by atoms with Crippen molar-refractivity contribution in [3.63, 3.8) is 0 Å². The van der Waals surface area contributed by atoms with Gasteiger partial charge in [0.25, 0.3) is 0 Å². The minimum atomic E-state index is 0.303. The third-order valence-electron chi connectivity index (χ3n) is 1.06. The normalized spacial score (nSPS) is 9.00. The average Bonchev–Trinajstić information content (AvgIpc) is 1.89. The smallest absolute Gasteiger partial charge is 0.0614 e. The Morgan fingerprint density at radius 3 is 2.67 bits per heavy atom. The molecule has 3 heteroatoms. The lowest BCUT2D eigenvalue weighted by Crippen LogP contribution is -2.10. The van der Waals surface area contributed by atoms with Crippen molar-refractivity contribution in [1.29, 1.82) is 0 Å². The molecular weight excluding hydrogens is 134 g/mol. The van der Waals surface area contributed by atoms with E-state index in [1.54, 1.807) is 0 Å². The Bertz CT molecular complexity index is 68.1. The van der Waals surface area contributed by atoms with E-state index in [1.807, 2.05) is 0 Å². The lowest BCUT2D eigenvalue weighted by Gasteiger charge is -1.96. The molecule has 0 radical (unpaired) electrons. The summed E-state index contributed by atoms with van der Waals surface area (Å²) in [5.41, 5.74) is 1.53. The predicted octanol–water partition coefficient (Wildman–Crippen LogP) is 0.696. The first-order valence-corrected chi connectivity index (χ1v) is 3.67. The van der Waals surface area contributed by atoms with Gasteiger partial charge >= 0.3 is 0 Å². The standard InChI is InChI=1S/C6H13NOS/c8-5-3-1-2-4-7-6-9/h6,8H,1-5H2,(H,7,9). The molecule has 2 N–H and O–H groups in total. The summed E-state index contributed by atoms with van der Waals surface area (Å²) in [5.74, 6) is 0. The van der Waals surface area contributed by atoms with Gasteiger partial charge in [-0.15, -0.1) is 0 Å². The number of nitrogens with one attached hydrogen (secondary N) is 1. The van der Waals surface area contributed by atoms with E-state index in [-0.39, 0.29) is 0 Å². The molecule has 9 heavy (non-hydrogen) atoms. The maximum atomic E-state index is 8.37. The monoisotopic (exact) mass is 147 g/mol. The largest absolute Gasteiger partial charge is 0.396 e. The predicted molar refractivity (Wildman–Crippen MR) is 42.6 cm³/mol. The molecule has 0 unspecified atom stereocenters. The molecule has 0 saturated heterocycles. The molecular formula is C6H13NOS. The zero-order valence-electron chi connectivity index (χ0n) is 5.47. The van der Waals surface area contributed by atoms with Gasteiger partial charge in [0.1, 0.15) is 0 Å². The highest BCUT2D eigenvalue weighted by atomic mass is 32.1. The van der Waals surface area contributed by atoms with E-state index in [1.165, 1.54) is 5.49 Å². The van der Waals surface area contributed by atoms with Crippen LogP contribution >= 0.6 is 12.2 Å². The van der Waals surface area contributed by atoms with E-state index in [4.69, 9.17) is 5.11 Å². The van der Waals surface area contributed by atoms with Crippen LogP contribution in [-0.4, -0.2) is 23.7 Å². The first-order valence-electron chi connectivity index (χ1n) is 3.19. The summed E-state index contributed by atoms with van der Waals surface area (Å²) in [7, 11) is 0. The molecule has 0 aromatic rings. The Labute approximate surface area is 61.3 Å². The van der Waals surface area contributed by atoms with Gasteiger partial charge in [-0.3, -0.25) is 0 Å². The van der Waals surface area contributed by atoms with Crippen LogP contribution in [0, 0.1) is 0 Å². The molecule has 0 rings (SSSR count). The molecule has 54 valence electrons. The Kier molecular flexibility index (Phi) is 7.72. The maximum absolute atomic E-state index is 8.37. The van der Waals surface area contributed by atoms with Gasteiger partial charge in [-0.25, -0.2) is 0 Å². The number of hydrogen-bond donors (Lipinski definition) is 2. The van der Waals surface area contributed by atoms with Crippen molar-refractivity contribution in [1.82, 2.24) is 5.32 Å². The van der Waals surface area contributed by atoms with Gasteiger partial charge in [0.05, 0.1) is 5.49 Å². The Morgan fingerprint density at radius 2 is 2.11 bits per heavy atom. The summed E-state index contributed by atoms with van der Waals surface area (Å²) >= 11 is 4.54. The molecule has 0 aliphatic carbocycles. The van der Waals surface area contributed by atoms with Crippen LogP contribution in [0.25, 0.3) is 0 Å². The number of thiocarbonyl (C=S) groups is 1. The average molecular weight is 147 g/mol. The highest BCUT2D eigenvalue weighted by Crippen LogP contribution is 1.90. The van der Waals surface area contributed by atoms with Gasteiger partial charge in [-0.2, -0.15) is 0 Å². The fourth-order valence-electron chi connectivity index (χ4n) is 0.575. The SMILES string of the molecule is OCCCCCNC=S. The number of unbranched alkanes of at least 4 members (excludes halogenated alkanes) is 2. The van der Waals surface area contributed by atoms with Crippen LogP contribution in [0.3, 0.4) is 0 Å². The van der Waals surface area contributed by atoms with Crippen molar-refractivity contribution in [2.45, 2.75) is 19.3 Å². The molecule has 0 saturated carbocycles. The second kappa shape index (κ2) is 7.85. The second-order valence-corrected chi connectivity index (χ2v) is 2.09. The molecule has 0 amide bonds.